The van der Waals surface area contributed by atoms with Crippen LogP contribution in [0.5, 0.6) is 0 Å². The Balaban J connectivity index is 2.51. The van der Waals surface area contributed by atoms with Gasteiger partial charge in [0.1, 0.15) is 12.2 Å². The van der Waals surface area contributed by atoms with E-state index in [1.807, 2.05) is 6.92 Å². The minimum atomic E-state index is -0.672. The molecule has 4 nitrogen and oxygen atoms in total. The van der Waals surface area contributed by atoms with Crippen LogP contribution in [0.25, 0.3) is 0 Å². The summed E-state index contributed by atoms with van der Waals surface area (Å²) in [5.74, 6) is 0. The predicted molar refractivity (Wildman–Crippen MR) is 51.7 cm³/mol. The van der Waals surface area contributed by atoms with E-state index in [1.165, 1.54) is 6.08 Å². The lowest BCUT2D eigenvalue weighted by Gasteiger charge is -2.27. The molecule has 1 aliphatic heterocycles. The van der Waals surface area contributed by atoms with Crippen molar-refractivity contribution in [2.75, 3.05) is 13.2 Å². The molecular formula is C10H16O4. The number of rotatable bonds is 4. The Hall–Kier alpha value is -0.680. The number of ether oxygens (including phenoxy) is 2. The van der Waals surface area contributed by atoms with Gasteiger partial charge in [0.05, 0.1) is 6.61 Å². The molecule has 0 aromatic rings. The molecule has 1 heterocycles. The molecule has 0 aliphatic carbocycles. The van der Waals surface area contributed by atoms with Crippen LogP contribution in [0, 0.1) is 0 Å². The first-order valence-electron chi connectivity index (χ1n) is 4.69. The van der Waals surface area contributed by atoms with Crippen molar-refractivity contribution >= 4 is 0 Å². The van der Waals surface area contributed by atoms with Crippen LogP contribution >= 0.6 is 0 Å². The summed E-state index contributed by atoms with van der Waals surface area (Å²) in [5.41, 5.74) is 0. The minimum Gasteiger partial charge on any atom is -0.392 e. The Morgan fingerprint density at radius 3 is 2.93 bits per heavy atom. The van der Waals surface area contributed by atoms with Gasteiger partial charge in [-0.2, -0.15) is 0 Å². The normalized spacial score (nSPS) is 32.6. The Bertz CT molecular complexity index is 212. The molecule has 0 amide bonds. The maximum atomic E-state index is 9.48. The van der Waals surface area contributed by atoms with Gasteiger partial charge in [-0.15, -0.1) is 0 Å². The number of aliphatic hydroxyl groups excluding tert-OH is 2. The van der Waals surface area contributed by atoms with E-state index in [1.54, 1.807) is 18.2 Å². The van der Waals surface area contributed by atoms with Gasteiger partial charge in [-0.05, 0) is 13.0 Å². The first-order valence-corrected chi connectivity index (χ1v) is 4.69. The molecule has 1 aliphatic rings. The summed E-state index contributed by atoms with van der Waals surface area (Å²) in [7, 11) is 0. The van der Waals surface area contributed by atoms with Crippen LogP contribution in [-0.4, -0.2) is 41.9 Å². The molecular weight excluding hydrogens is 184 g/mol. The lowest BCUT2D eigenvalue weighted by molar-refractivity contribution is -0.154. The molecule has 0 spiro atoms. The molecule has 4 heteroatoms. The molecule has 80 valence electrons. The molecule has 1 rings (SSSR count). The van der Waals surface area contributed by atoms with E-state index in [9.17, 15) is 5.11 Å². The monoisotopic (exact) mass is 200 g/mol. The molecule has 0 saturated carbocycles. The topological polar surface area (TPSA) is 58.9 Å². The van der Waals surface area contributed by atoms with Gasteiger partial charge < -0.3 is 19.7 Å². The van der Waals surface area contributed by atoms with Crippen LogP contribution < -0.4 is 0 Å². The Morgan fingerprint density at radius 2 is 2.29 bits per heavy atom. The SMILES string of the molecule is CCO[C@@H]1C=C[C@H](O)[C@@H](/C=C/CO)O1. The molecule has 2 N–H and O–H groups in total. The number of hydrogen-bond donors (Lipinski definition) is 2. The average Bonchev–Trinajstić information content (AvgIpc) is 2.19. The van der Waals surface area contributed by atoms with E-state index in [2.05, 4.69) is 0 Å². The van der Waals surface area contributed by atoms with E-state index in [-0.39, 0.29) is 6.61 Å². The zero-order valence-corrected chi connectivity index (χ0v) is 8.17. The summed E-state index contributed by atoms with van der Waals surface area (Å²) >= 11 is 0. The van der Waals surface area contributed by atoms with Crippen molar-refractivity contribution in [1.29, 1.82) is 0 Å². The maximum Gasteiger partial charge on any atom is 0.177 e. The lowest BCUT2D eigenvalue weighted by atomic mass is 10.1. The summed E-state index contributed by atoms with van der Waals surface area (Å²) in [6, 6.07) is 0. The lowest BCUT2D eigenvalue weighted by Crippen LogP contribution is -2.34. The fourth-order valence-corrected chi connectivity index (χ4v) is 1.21. The molecule has 0 radical (unpaired) electrons. The zero-order valence-electron chi connectivity index (χ0n) is 8.17. The molecule has 14 heavy (non-hydrogen) atoms. The fraction of sp³-hybridized carbons (Fsp3) is 0.600. The molecule has 0 saturated heterocycles. The minimum absolute atomic E-state index is 0.0599. The predicted octanol–water partition coefficient (Wildman–Crippen LogP) is 0.213. The summed E-state index contributed by atoms with van der Waals surface area (Å²) in [6.45, 7) is 2.37. The summed E-state index contributed by atoms with van der Waals surface area (Å²) in [5, 5.41) is 18.1. The molecule has 0 aromatic carbocycles. The molecule has 0 aromatic heterocycles. The van der Waals surface area contributed by atoms with E-state index in [0.29, 0.717) is 6.61 Å². The Morgan fingerprint density at radius 1 is 1.50 bits per heavy atom. The highest BCUT2D eigenvalue weighted by atomic mass is 16.7. The zero-order chi connectivity index (χ0) is 10.4. The largest absolute Gasteiger partial charge is 0.392 e. The van der Waals surface area contributed by atoms with Crippen molar-refractivity contribution in [3.8, 4) is 0 Å². The Labute approximate surface area is 83.5 Å². The average molecular weight is 200 g/mol. The van der Waals surface area contributed by atoms with E-state index in [4.69, 9.17) is 14.6 Å². The number of aliphatic hydroxyl groups is 2. The highest BCUT2D eigenvalue weighted by Crippen LogP contribution is 2.14. The molecule has 3 atom stereocenters. The maximum absolute atomic E-state index is 9.48. The van der Waals surface area contributed by atoms with Crippen LogP contribution in [0.1, 0.15) is 6.92 Å². The first-order chi connectivity index (χ1) is 6.77. The van der Waals surface area contributed by atoms with Crippen molar-refractivity contribution in [2.45, 2.75) is 25.4 Å². The van der Waals surface area contributed by atoms with Crippen molar-refractivity contribution < 1.29 is 19.7 Å². The Kier molecular flexibility index (Phi) is 4.82. The van der Waals surface area contributed by atoms with Crippen LogP contribution in [-0.2, 0) is 9.47 Å². The van der Waals surface area contributed by atoms with Crippen molar-refractivity contribution in [2.24, 2.45) is 0 Å². The third-order valence-corrected chi connectivity index (χ3v) is 1.86. The smallest absolute Gasteiger partial charge is 0.177 e. The van der Waals surface area contributed by atoms with Crippen LogP contribution in [0.3, 0.4) is 0 Å². The second-order valence-electron chi connectivity index (χ2n) is 2.91. The van der Waals surface area contributed by atoms with Gasteiger partial charge in [0.25, 0.3) is 0 Å². The molecule has 0 fully saturated rings. The van der Waals surface area contributed by atoms with Gasteiger partial charge in [-0.1, -0.05) is 18.2 Å². The van der Waals surface area contributed by atoms with Gasteiger partial charge in [-0.25, -0.2) is 0 Å². The first kappa shape index (κ1) is 11.4. The van der Waals surface area contributed by atoms with Gasteiger partial charge >= 0.3 is 0 Å². The third kappa shape index (κ3) is 3.23. The van der Waals surface area contributed by atoms with Crippen LogP contribution in [0.15, 0.2) is 24.3 Å². The fourth-order valence-electron chi connectivity index (χ4n) is 1.21. The highest BCUT2D eigenvalue weighted by Gasteiger charge is 2.23. The quantitative estimate of drug-likeness (QED) is 0.637. The summed E-state index contributed by atoms with van der Waals surface area (Å²) in [6.07, 6.45) is 4.96. The van der Waals surface area contributed by atoms with Crippen molar-refractivity contribution in [3.05, 3.63) is 24.3 Å². The number of hydrogen-bond acceptors (Lipinski definition) is 4. The summed E-state index contributed by atoms with van der Waals surface area (Å²) in [4.78, 5) is 0. The summed E-state index contributed by atoms with van der Waals surface area (Å²) < 4.78 is 10.6. The van der Waals surface area contributed by atoms with E-state index >= 15 is 0 Å². The second kappa shape index (κ2) is 5.93. The second-order valence-corrected chi connectivity index (χ2v) is 2.91. The van der Waals surface area contributed by atoms with Crippen LogP contribution in [0.4, 0.5) is 0 Å². The van der Waals surface area contributed by atoms with Gasteiger partial charge in [0.15, 0.2) is 6.29 Å². The third-order valence-electron chi connectivity index (χ3n) is 1.86. The van der Waals surface area contributed by atoms with Crippen molar-refractivity contribution in [3.63, 3.8) is 0 Å². The van der Waals surface area contributed by atoms with Gasteiger partial charge in [-0.3, -0.25) is 0 Å². The van der Waals surface area contributed by atoms with E-state index < -0.39 is 18.5 Å². The van der Waals surface area contributed by atoms with Gasteiger partial charge in [0.2, 0.25) is 0 Å². The van der Waals surface area contributed by atoms with Crippen LogP contribution in [0.2, 0.25) is 0 Å². The standard InChI is InChI=1S/C10H16O4/c1-2-13-10-6-5-8(12)9(14-10)4-3-7-11/h3-6,8-12H,2,7H2,1H3/b4-3+/t8-,9+,10-/m0/s1. The highest BCUT2D eigenvalue weighted by molar-refractivity contribution is 5.06. The molecule has 0 bridgehead atoms. The molecule has 0 unspecified atom stereocenters. The van der Waals surface area contributed by atoms with E-state index in [0.717, 1.165) is 0 Å². The van der Waals surface area contributed by atoms with Gasteiger partial charge in [0, 0.05) is 6.61 Å². The van der Waals surface area contributed by atoms with Crippen molar-refractivity contribution in [1.82, 2.24) is 0 Å².